The van der Waals surface area contributed by atoms with Crippen LogP contribution >= 0.6 is 0 Å². The van der Waals surface area contributed by atoms with Gasteiger partial charge < -0.3 is 9.47 Å². The van der Waals surface area contributed by atoms with Gasteiger partial charge in [-0.15, -0.1) is 0 Å². The lowest BCUT2D eigenvalue weighted by atomic mass is 10.1. The van der Waals surface area contributed by atoms with E-state index in [1.807, 2.05) is 19.1 Å². The molecule has 0 heterocycles. The van der Waals surface area contributed by atoms with E-state index >= 15 is 0 Å². The molecule has 3 nitrogen and oxygen atoms in total. The van der Waals surface area contributed by atoms with Crippen LogP contribution in [0.4, 0.5) is 0 Å². The molecule has 0 fully saturated rings. The predicted octanol–water partition coefficient (Wildman–Crippen LogP) is 4.26. The highest BCUT2D eigenvalue weighted by molar-refractivity contribution is 5.69. The second kappa shape index (κ2) is 13.6. The number of allylic oxidation sites excluding steroid dienone is 1. The van der Waals surface area contributed by atoms with Crippen LogP contribution in [0.5, 0.6) is 0 Å². The normalized spacial score (nSPS) is 12.8. The van der Waals surface area contributed by atoms with Gasteiger partial charge in [0.1, 0.15) is 12.7 Å². The van der Waals surface area contributed by atoms with Crippen LogP contribution in [0.1, 0.15) is 65.2 Å². The zero-order chi connectivity index (χ0) is 14.3. The van der Waals surface area contributed by atoms with Crippen LogP contribution in [-0.2, 0) is 14.3 Å². The van der Waals surface area contributed by atoms with E-state index in [-0.39, 0.29) is 12.1 Å². The van der Waals surface area contributed by atoms with Crippen molar-refractivity contribution in [2.75, 3.05) is 13.7 Å². The Morgan fingerprint density at radius 1 is 1.11 bits per heavy atom. The minimum absolute atomic E-state index is 0.111. The molecule has 0 amide bonds. The van der Waals surface area contributed by atoms with Crippen LogP contribution < -0.4 is 0 Å². The van der Waals surface area contributed by atoms with Crippen LogP contribution in [0, 0.1) is 0 Å². The van der Waals surface area contributed by atoms with E-state index in [0.29, 0.717) is 13.0 Å². The Morgan fingerprint density at radius 3 is 2.32 bits per heavy atom. The molecule has 0 aliphatic heterocycles. The number of hydrogen-bond acceptors (Lipinski definition) is 3. The van der Waals surface area contributed by atoms with Crippen molar-refractivity contribution in [3.63, 3.8) is 0 Å². The number of methoxy groups -OCH3 is 1. The number of unbranched alkanes of at least 4 members (excludes halogenated alkanes) is 6. The summed E-state index contributed by atoms with van der Waals surface area (Å²) in [5.41, 5.74) is 0. The molecule has 0 saturated carbocycles. The van der Waals surface area contributed by atoms with Gasteiger partial charge in [0.25, 0.3) is 0 Å². The number of esters is 1. The minimum Gasteiger partial charge on any atom is -0.463 e. The minimum atomic E-state index is -0.122. The summed E-state index contributed by atoms with van der Waals surface area (Å²) in [4.78, 5) is 11.5. The van der Waals surface area contributed by atoms with E-state index in [1.54, 1.807) is 7.11 Å². The van der Waals surface area contributed by atoms with Gasteiger partial charge in [-0.2, -0.15) is 0 Å². The molecule has 0 N–H and O–H groups in total. The van der Waals surface area contributed by atoms with E-state index in [0.717, 1.165) is 12.8 Å². The number of ether oxygens (including phenoxy) is 2. The molecule has 1 atom stereocenters. The molecule has 0 aromatic rings. The Balaban J connectivity index is 3.43. The van der Waals surface area contributed by atoms with Gasteiger partial charge in [0.15, 0.2) is 0 Å². The van der Waals surface area contributed by atoms with E-state index in [9.17, 15) is 4.79 Å². The van der Waals surface area contributed by atoms with Crippen molar-refractivity contribution in [1.29, 1.82) is 0 Å². The Bertz CT molecular complexity index is 236. The summed E-state index contributed by atoms with van der Waals surface area (Å²) in [7, 11) is 1.62. The second-order valence-corrected chi connectivity index (χ2v) is 4.85. The van der Waals surface area contributed by atoms with Crippen LogP contribution in [0.25, 0.3) is 0 Å². The Hall–Kier alpha value is -0.830. The van der Waals surface area contributed by atoms with E-state index < -0.39 is 0 Å². The molecule has 112 valence electrons. The lowest BCUT2D eigenvalue weighted by molar-refractivity contribution is -0.146. The third-order valence-electron chi connectivity index (χ3n) is 3.10. The molecule has 19 heavy (non-hydrogen) atoms. The fourth-order valence-electron chi connectivity index (χ4n) is 1.89. The molecule has 3 heteroatoms. The van der Waals surface area contributed by atoms with Crippen molar-refractivity contribution < 1.29 is 14.3 Å². The zero-order valence-electron chi connectivity index (χ0n) is 12.8. The Morgan fingerprint density at radius 2 is 1.74 bits per heavy atom. The highest BCUT2D eigenvalue weighted by Crippen LogP contribution is 2.09. The van der Waals surface area contributed by atoms with Gasteiger partial charge in [-0.3, -0.25) is 4.79 Å². The lowest BCUT2D eigenvalue weighted by Crippen LogP contribution is -2.18. The smallest absolute Gasteiger partial charge is 0.305 e. The molecule has 0 aliphatic carbocycles. The lowest BCUT2D eigenvalue weighted by Gasteiger charge is -2.11. The molecule has 0 aliphatic rings. The first kappa shape index (κ1) is 18.2. The van der Waals surface area contributed by atoms with Crippen molar-refractivity contribution in [3.8, 4) is 0 Å². The van der Waals surface area contributed by atoms with Gasteiger partial charge in [0.2, 0.25) is 0 Å². The third-order valence-corrected chi connectivity index (χ3v) is 3.10. The summed E-state index contributed by atoms with van der Waals surface area (Å²) in [6.07, 6.45) is 12.7. The van der Waals surface area contributed by atoms with Crippen molar-refractivity contribution in [2.45, 2.75) is 71.3 Å². The maximum absolute atomic E-state index is 11.5. The second-order valence-electron chi connectivity index (χ2n) is 4.85. The maximum atomic E-state index is 11.5. The summed E-state index contributed by atoms with van der Waals surface area (Å²) in [5.74, 6) is -0.111. The van der Waals surface area contributed by atoms with Gasteiger partial charge in [-0.05, 0) is 13.3 Å². The third kappa shape index (κ3) is 12.0. The molecule has 0 radical (unpaired) electrons. The summed E-state index contributed by atoms with van der Waals surface area (Å²) in [5, 5.41) is 0. The first-order valence-corrected chi connectivity index (χ1v) is 7.55. The highest BCUT2D eigenvalue weighted by Gasteiger charge is 2.07. The molecule has 0 aromatic heterocycles. The number of carbonyl (C=O) groups is 1. The SMILES string of the molecule is CC=CC(COC(=O)CCCCCCCCC)OC. The van der Waals surface area contributed by atoms with Crippen LogP contribution in [0.3, 0.4) is 0 Å². The largest absolute Gasteiger partial charge is 0.463 e. The van der Waals surface area contributed by atoms with Crippen LogP contribution in [-0.4, -0.2) is 25.8 Å². The summed E-state index contributed by atoms with van der Waals surface area (Å²) in [6.45, 7) is 4.46. The molecule has 0 bridgehead atoms. The van der Waals surface area contributed by atoms with Gasteiger partial charge in [0.05, 0.1) is 0 Å². The van der Waals surface area contributed by atoms with Gasteiger partial charge in [-0.1, -0.05) is 57.6 Å². The number of rotatable bonds is 12. The topological polar surface area (TPSA) is 35.5 Å². The average molecular weight is 270 g/mol. The average Bonchev–Trinajstić information content (AvgIpc) is 2.42. The molecular weight excluding hydrogens is 240 g/mol. The monoisotopic (exact) mass is 270 g/mol. The molecular formula is C16H30O3. The van der Waals surface area contributed by atoms with Crippen molar-refractivity contribution in [1.82, 2.24) is 0 Å². The predicted molar refractivity (Wildman–Crippen MR) is 79.2 cm³/mol. The Kier molecular flexibility index (Phi) is 13.0. The van der Waals surface area contributed by atoms with Crippen molar-refractivity contribution in [3.05, 3.63) is 12.2 Å². The number of carbonyl (C=O) groups excluding carboxylic acids is 1. The molecule has 0 spiro atoms. The van der Waals surface area contributed by atoms with Gasteiger partial charge >= 0.3 is 5.97 Å². The van der Waals surface area contributed by atoms with Gasteiger partial charge in [-0.25, -0.2) is 0 Å². The van der Waals surface area contributed by atoms with Crippen molar-refractivity contribution in [2.24, 2.45) is 0 Å². The fraction of sp³-hybridized carbons (Fsp3) is 0.812. The molecule has 1 unspecified atom stereocenters. The highest BCUT2D eigenvalue weighted by atomic mass is 16.6. The zero-order valence-corrected chi connectivity index (χ0v) is 12.8. The van der Waals surface area contributed by atoms with E-state index in [1.165, 1.54) is 32.1 Å². The molecule has 0 saturated heterocycles. The molecule has 0 rings (SSSR count). The quantitative estimate of drug-likeness (QED) is 0.302. The fourth-order valence-corrected chi connectivity index (χ4v) is 1.89. The standard InChI is InChI=1S/C16H30O3/c1-4-6-7-8-9-10-11-13-16(17)19-14-15(18-3)12-5-2/h5,12,15H,4,6-11,13-14H2,1-3H3. The van der Waals surface area contributed by atoms with Crippen LogP contribution in [0.2, 0.25) is 0 Å². The van der Waals surface area contributed by atoms with E-state index in [4.69, 9.17) is 9.47 Å². The molecule has 0 aromatic carbocycles. The number of hydrogen-bond donors (Lipinski definition) is 0. The first-order valence-electron chi connectivity index (χ1n) is 7.55. The summed E-state index contributed by atoms with van der Waals surface area (Å²) < 4.78 is 10.3. The summed E-state index contributed by atoms with van der Waals surface area (Å²) >= 11 is 0. The Labute approximate surface area is 118 Å². The van der Waals surface area contributed by atoms with Crippen molar-refractivity contribution >= 4 is 5.97 Å². The summed E-state index contributed by atoms with van der Waals surface area (Å²) in [6, 6.07) is 0. The van der Waals surface area contributed by atoms with Gasteiger partial charge in [0, 0.05) is 13.5 Å². The van der Waals surface area contributed by atoms with E-state index in [2.05, 4.69) is 6.92 Å². The van der Waals surface area contributed by atoms with Crippen LogP contribution in [0.15, 0.2) is 12.2 Å². The first-order chi connectivity index (χ1) is 9.24. The maximum Gasteiger partial charge on any atom is 0.305 e.